The average molecular weight is 230 g/mol. The first kappa shape index (κ1) is 8.61. The molecule has 4 heteroatoms. The molecule has 0 rings (SSSR count). The van der Waals surface area contributed by atoms with E-state index in [0.29, 0.717) is 6.67 Å². The van der Waals surface area contributed by atoms with Crippen molar-refractivity contribution in [3.8, 4) is 0 Å². The van der Waals surface area contributed by atoms with Gasteiger partial charge in [-0.2, -0.15) is 0 Å². The van der Waals surface area contributed by atoms with Crippen LogP contribution in [-0.2, 0) is 0 Å². The molecule has 0 amide bonds. The van der Waals surface area contributed by atoms with E-state index in [4.69, 9.17) is 5.11 Å². The SMILES string of the molecule is CC(O)NCN(C)I. The molecule has 0 aliphatic rings. The molecule has 0 spiro atoms. The van der Waals surface area contributed by atoms with Crippen molar-refractivity contribution in [2.75, 3.05) is 13.7 Å². The minimum absolute atomic E-state index is 0.410. The zero-order valence-electron chi connectivity index (χ0n) is 5.06. The number of nitrogens with one attached hydrogen (secondary N) is 1. The fraction of sp³-hybridized carbons (Fsp3) is 1.00. The first-order chi connectivity index (χ1) is 3.63. The highest BCUT2D eigenvalue weighted by molar-refractivity contribution is 14.1. The Hall–Kier alpha value is 0.610. The lowest BCUT2D eigenvalue weighted by Gasteiger charge is -2.10. The van der Waals surface area contributed by atoms with Gasteiger partial charge in [0.15, 0.2) is 0 Å². The van der Waals surface area contributed by atoms with Crippen LogP contribution in [-0.4, -0.2) is 28.2 Å². The standard InChI is InChI=1S/C4H11IN2O/c1-4(8)6-3-7(2)5/h4,6,8H,3H2,1-2H3. The fourth-order valence-electron chi connectivity index (χ4n) is 0.258. The molecule has 0 aliphatic heterocycles. The van der Waals surface area contributed by atoms with Gasteiger partial charge >= 0.3 is 0 Å². The Morgan fingerprint density at radius 2 is 2.38 bits per heavy atom. The van der Waals surface area contributed by atoms with Crippen LogP contribution in [0.25, 0.3) is 0 Å². The maximum absolute atomic E-state index is 8.66. The van der Waals surface area contributed by atoms with E-state index in [9.17, 15) is 0 Å². The molecule has 50 valence electrons. The van der Waals surface area contributed by atoms with E-state index < -0.39 is 6.23 Å². The zero-order valence-corrected chi connectivity index (χ0v) is 7.21. The highest BCUT2D eigenvalue weighted by Crippen LogP contribution is 1.87. The molecule has 0 fully saturated rings. The Morgan fingerprint density at radius 1 is 1.88 bits per heavy atom. The molecule has 3 nitrogen and oxygen atoms in total. The lowest BCUT2D eigenvalue weighted by Crippen LogP contribution is -2.31. The smallest absolute Gasteiger partial charge is 0.103 e. The molecule has 0 aliphatic carbocycles. The molecule has 0 aromatic carbocycles. The van der Waals surface area contributed by atoms with Crippen LogP contribution in [0.1, 0.15) is 6.92 Å². The van der Waals surface area contributed by atoms with Crippen LogP contribution in [0.4, 0.5) is 0 Å². The number of hydrogen-bond donors (Lipinski definition) is 2. The van der Waals surface area contributed by atoms with Gasteiger partial charge in [0.05, 0.1) is 6.67 Å². The molecule has 0 radical (unpaired) electrons. The Balaban J connectivity index is 2.93. The number of hydrogen-bond acceptors (Lipinski definition) is 3. The molecule has 1 atom stereocenters. The third-order valence-corrected chi connectivity index (χ3v) is 0.946. The van der Waals surface area contributed by atoms with E-state index in [2.05, 4.69) is 28.2 Å². The number of aliphatic hydroxyl groups excluding tert-OH is 1. The van der Waals surface area contributed by atoms with Crippen LogP contribution in [0.3, 0.4) is 0 Å². The van der Waals surface area contributed by atoms with E-state index in [1.807, 2.05) is 10.2 Å². The molecule has 8 heavy (non-hydrogen) atoms. The second-order valence-corrected chi connectivity index (χ2v) is 3.29. The van der Waals surface area contributed by atoms with Gasteiger partial charge in [0.2, 0.25) is 0 Å². The van der Waals surface area contributed by atoms with E-state index in [0.717, 1.165) is 0 Å². The van der Waals surface area contributed by atoms with Gasteiger partial charge in [-0.1, -0.05) is 0 Å². The number of halogens is 1. The van der Waals surface area contributed by atoms with Crippen LogP contribution < -0.4 is 5.32 Å². The maximum Gasteiger partial charge on any atom is 0.103 e. The summed E-state index contributed by atoms with van der Waals surface area (Å²) in [6.07, 6.45) is -0.410. The van der Waals surface area contributed by atoms with Gasteiger partial charge in [-0.05, 0) is 14.0 Å². The average Bonchev–Trinajstić information content (AvgIpc) is 1.61. The summed E-state index contributed by atoms with van der Waals surface area (Å²) >= 11 is 2.14. The van der Waals surface area contributed by atoms with Gasteiger partial charge in [0.1, 0.15) is 6.23 Å². The molecule has 0 saturated carbocycles. The monoisotopic (exact) mass is 230 g/mol. The van der Waals surface area contributed by atoms with Crippen LogP contribution in [0.15, 0.2) is 0 Å². The van der Waals surface area contributed by atoms with Gasteiger partial charge in [0, 0.05) is 22.9 Å². The third-order valence-electron chi connectivity index (χ3n) is 0.605. The Morgan fingerprint density at radius 3 is 2.50 bits per heavy atom. The predicted octanol–water partition coefficient (Wildman–Crippen LogP) is 0.154. The summed E-state index contributed by atoms with van der Waals surface area (Å²) in [4.78, 5) is 0. The third kappa shape index (κ3) is 6.61. The first-order valence-electron chi connectivity index (χ1n) is 2.41. The first-order valence-corrected chi connectivity index (χ1v) is 3.38. The molecule has 0 heterocycles. The summed E-state index contributed by atoms with van der Waals surface area (Å²) in [5, 5.41) is 11.5. The van der Waals surface area contributed by atoms with Crippen molar-refractivity contribution in [1.82, 2.24) is 8.43 Å². The van der Waals surface area contributed by atoms with E-state index >= 15 is 0 Å². The fourth-order valence-corrected chi connectivity index (χ4v) is 0.455. The second-order valence-electron chi connectivity index (χ2n) is 1.64. The van der Waals surface area contributed by atoms with E-state index in [-0.39, 0.29) is 0 Å². The van der Waals surface area contributed by atoms with Crippen LogP contribution in [0.5, 0.6) is 0 Å². The summed E-state index contributed by atoms with van der Waals surface area (Å²) in [5.41, 5.74) is 0. The molecule has 0 bridgehead atoms. The van der Waals surface area contributed by atoms with Crippen LogP contribution in [0, 0.1) is 0 Å². The summed E-state index contributed by atoms with van der Waals surface area (Å²) in [6.45, 7) is 2.40. The van der Waals surface area contributed by atoms with E-state index in [1.54, 1.807) is 6.92 Å². The van der Waals surface area contributed by atoms with Crippen molar-refractivity contribution >= 4 is 22.9 Å². The van der Waals surface area contributed by atoms with Gasteiger partial charge in [0.25, 0.3) is 0 Å². The second kappa shape index (κ2) is 4.49. The minimum Gasteiger partial charge on any atom is -0.379 e. The van der Waals surface area contributed by atoms with Crippen LogP contribution >= 0.6 is 22.9 Å². The number of aliphatic hydroxyl groups is 1. The highest BCUT2D eigenvalue weighted by Gasteiger charge is 1.92. The van der Waals surface area contributed by atoms with Gasteiger partial charge in [-0.15, -0.1) is 0 Å². The van der Waals surface area contributed by atoms with Crippen molar-refractivity contribution in [2.24, 2.45) is 0 Å². The Bertz CT molecular complexity index is 50.0. The Kier molecular flexibility index (Phi) is 4.83. The lowest BCUT2D eigenvalue weighted by atomic mass is 10.7. The quantitative estimate of drug-likeness (QED) is 0.411. The van der Waals surface area contributed by atoms with Crippen molar-refractivity contribution in [1.29, 1.82) is 0 Å². The summed E-state index contributed by atoms with van der Waals surface area (Å²) < 4.78 is 1.92. The van der Waals surface area contributed by atoms with Gasteiger partial charge in [-0.25, -0.2) is 3.11 Å². The molecule has 0 saturated heterocycles. The summed E-state index contributed by atoms with van der Waals surface area (Å²) in [5.74, 6) is 0. The van der Waals surface area contributed by atoms with Gasteiger partial charge in [-0.3, -0.25) is 5.32 Å². The maximum atomic E-state index is 8.66. The summed E-state index contributed by atoms with van der Waals surface area (Å²) in [6, 6.07) is 0. The van der Waals surface area contributed by atoms with Crippen molar-refractivity contribution < 1.29 is 5.11 Å². The Labute approximate surface area is 63.6 Å². The van der Waals surface area contributed by atoms with Crippen molar-refractivity contribution in [3.63, 3.8) is 0 Å². The molecule has 1 unspecified atom stereocenters. The lowest BCUT2D eigenvalue weighted by molar-refractivity contribution is 0.148. The molecule has 2 N–H and O–H groups in total. The molecule has 0 aromatic heterocycles. The minimum atomic E-state index is -0.410. The highest BCUT2D eigenvalue weighted by atomic mass is 127. The van der Waals surface area contributed by atoms with Crippen molar-refractivity contribution in [3.05, 3.63) is 0 Å². The van der Waals surface area contributed by atoms with E-state index in [1.165, 1.54) is 0 Å². The summed E-state index contributed by atoms with van der Waals surface area (Å²) in [7, 11) is 1.93. The van der Waals surface area contributed by atoms with Crippen LogP contribution in [0.2, 0.25) is 0 Å². The van der Waals surface area contributed by atoms with Crippen molar-refractivity contribution in [2.45, 2.75) is 13.2 Å². The largest absolute Gasteiger partial charge is 0.379 e. The predicted molar refractivity (Wildman–Crippen MR) is 41.5 cm³/mol. The molecular weight excluding hydrogens is 219 g/mol. The molecular formula is C4H11IN2O. The zero-order chi connectivity index (χ0) is 6.57. The number of rotatable bonds is 3. The van der Waals surface area contributed by atoms with Gasteiger partial charge < -0.3 is 5.11 Å². The topological polar surface area (TPSA) is 35.5 Å². The molecule has 0 aromatic rings. The normalized spacial score (nSPS) is 14.6. The number of nitrogens with zero attached hydrogens (tertiary/aromatic N) is 1.